The van der Waals surface area contributed by atoms with E-state index in [1.807, 2.05) is 24.3 Å². The molecule has 2 aromatic carbocycles. The van der Waals surface area contributed by atoms with Gasteiger partial charge in [0, 0.05) is 30.1 Å². The highest BCUT2D eigenvalue weighted by Gasteiger charge is 2.45. The Labute approximate surface area is 184 Å². The van der Waals surface area contributed by atoms with Gasteiger partial charge in [0.1, 0.15) is 6.61 Å². The molecule has 1 N–H and O–H groups in total. The zero-order valence-electron chi connectivity index (χ0n) is 16.3. The molecular formula is C23H20Cl2N2O3. The van der Waals surface area contributed by atoms with E-state index in [-0.39, 0.29) is 17.7 Å². The quantitative estimate of drug-likeness (QED) is 0.508. The third-order valence-corrected chi connectivity index (χ3v) is 5.92. The van der Waals surface area contributed by atoms with Crippen LogP contribution in [0.5, 0.6) is 11.5 Å². The fourth-order valence-corrected chi connectivity index (χ4v) is 3.83. The number of hydrogen-bond acceptors (Lipinski definition) is 4. The monoisotopic (exact) mass is 442 g/mol. The number of nitrogens with zero attached hydrogens (tertiary/aromatic N) is 1. The summed E-state index contributed by atoms with van der Waals surface area (Å²) in [5.41, 5.74) is 2.55. The van der Waals surface area contributed by atoms with Gasteiger partial charge < -0.3 is 14.8 Å². The van der Waals surface area contributed by atoms with E-state index >= 15 is 0 Å². The number of rotatable bonds is 7. The Hall–Kier alpha value is -2.76. The van der Waals surface area contributed by atoms with Crippen LogP contribution < -0.4 is 14.8 Å². The largest absolute Gasteiger partial charge is 0.493 e. The number of ether oxygens (including phenoxy) is 2. The maximum atomic E-state index is 12.7. The highest BCUT2D eigenvalue weighted by Crippen LogP contribution is 2.51. The Kier molecular flexibility index (Phi) is 6.11. The fourth-order valence-electron chi connectivity index (χ4n) is 3.38. The van der Waals surface area contributed by atoms with Crippen molar-refractivity contribution < 1.29 is 14.3 Å². The highest BCUT2D eigenvalue weighted by molar-refractivity contribution is 6.42. The molecule has 1 fully saturated rings. The number of carbonyl (C=O) groups excluding carboxylic acids is 1. The van der Waals surface area contributed by atoms with Gasteiger partial charge in [-0.25, -0.2) is 0 Å². The number of pyridine rings is 1. The molecule has 2 atom stereocenters. The van der Waals surface area contributed by atoms with Crippen molar-refractivity contribution in [2.75, 3.05) is 12.4 Å². The summed E-state index contributed by atoms with van der Waals surface area (Å²) in [6.45, 7) is 0.369. The summed E-state index contributed by atoms with van der Waals surface area (Å²) in [4.78, 5) is 16.7. The Morgan fingerprint density at radius 1 is 1.13 bits per heavy atom. The standard InChI is InChI=1S/C23H20Cl2N2O3/c1-29-20-6-5-15(11-21(20)30-13-14-7-9-26-10-8-14)27-23(28)18-12-17(18)16-3-2-4-19(24)22(16)25/h2-11,17-18H,12-13H2,1H3,(H,27,28). The first kappa shape index (κ1) is 20.5. The molecule has 0 radical (unpaired) electrons. The molecule has 0 saturated heterocycles. The molecule has 1 amide bonds. The number of amides is 1. The van der Waals surface area contributed by atoms with Crippen LogP contribution in [0.3, 0.4) is 0 Å². The van der Waals surface area contributed by atoms with Crippen molar-refractivity contribution in [2.24, 2.45) is 5.92 Å². The predicted octanol–water partition coefficient (Wildman–Crippen LogP) is 5.72. The minimum Gasteiger partial charge on any atom is -0.493 e. The van der Waals surface area contributed by atoms with Crippen molar-refractivity contribution in [3.8, 4) is 11.5 Å². The fraction of sp³-hybridized carbons (Fsp3) is 0.217. The van der Waals surface area contributed by atoms with E-state index in [4.69, 9.17) is 32.7 Å². The first-order valence-corrected chi connectivity index (χ1v) is 10.3. The Morgan fingerprint density at radius 3 is 2.70 bits per heavy atom. The van der Waals surface area contributed by atoms with Crippen LogP contribution in [0.2, 0.25) is 10.0 Å². The summed E-state index contributed by atoms with van der Waals surface area (Å²) >= 11 is 12.4. The summed E-state index contributed by atoms with van der Waals surface area (Å²) < 4.78 is 11.3. The second-order valence-electron chi connectivity index (χ2n) is 7.09. The maximum absolute atomic E-state index is 12.7. The van der Waals surface area contributed by atoms with Crippen LogP contribution in [-0.4, -0.2) is 18.0 Å². The van der Waals surface area contributed by atoms with Crippen LogP contribution in [0.4, 0.5) is 5.69 Å². The topological polar surface area (TPSA) is 60.5 Å². The number of benzene rings is 2. The van der Waals surface area contributed by atoms with E-state index in [0.717, 1.165) is 17.5 Å². The SMILES string of the molecule is COc1ccc(NC(=O)C2CC2c2cccc(Cl)c2Cl)cc1OCc1ccncc1. The van der Waals surface area contributed by atoms with Gasteiger partial charge >= 0.3 is 0 Å². The lowest BCUT2D eigenvalue weighted by atomic mass is 10.1. The van der Waals surface area contributed by atoms with Crippen molar-refractivity contribution in [1.29, 1.82) is 0 Å². The van der Waals surface area contributed by atoms with E-state index in [9.17, 15) is 4.79 Å². The molecule has 30 heavy (non-hydrogen) atoms. The number of methoxy groups -OCH3 is 1. The van der Waals surface area contributed by atoms with Crippen molar-refractivity contribution in [3.05, 3.63) is 82.1 Å². The third-order valence-electron chi connectivity index (χ3n) is 5.08. The van der Waals surface area contributed by atoms with Crippen molar-refractivity contribution >= 4 is 34.8 Å². The van der Waals surface area contributed by atoms with Crippen LogP contribution in [0, 0.1) is 5.92 Å². The molecule has 0 aliphatic heterocycles. The number of carbonyl (C=O) groups is 1. The number of hydrogen-bond donors (Lipinski definition) is 1. The van der Waals surface area contributed by atoms with Gasteiger partial charge in [0.2, 0.25) is 5.91 Å². The lowest BCUT2D eigenvalue weighted by Crippen LogP contribution is -2.14. The van der Waals surface area contributed by atoms with Gasteiger partial charge in [-0.2, -0.15) is 0 Å². The van der Waals surface area contributed by atoms with E-state index in [2.05, 4.69) is 10.3 Å². The zero-order chi connectivity index (χ0) is 21.1. The molecule has 1 heterocycles. The minimum absolute atomic E-state index is 0.0544. The van der Waals surface area contributed by atoms with Gasteiger partial charge in [-0.15, -0.1) is 0 Å². The van der Waals surface area contributed by atoms with Crippen molar-refractivity contribution in [2.45, 2.75) is 18.9 Å². The van der Waals surface area contributed by atoms with Gasteiger partial charge in [0.15, 0.2) is 11.5 Å². The second-order valence-corrected chi connectivity index (χ2v) is 7.88. The van der Waals surface area contributed by atoms with Crippen LogP contribution in [0.15, 0.2) is 60.9 Å². The molecule has 1 aromatic heterocycles. The molecule has 154 valence electrons. The summed E-state index contributed by atoms with van der Waals surface area (Å²) in [6.07, 6.45) is 4.17. The zero-order valence-corrected chi connectivity index (χ0v) is 17.8. The van der Waals surface area contributed by atoms with Crippen LogP contribution in [0.25, 0.3) is 0 Å². The molecule has 4 rings (SSSR count). The Bertz CT molecular complexity index is 1060. The summed E-state index contributed by atoms with van der Waals surface area (Å²) in [7, 11) is 1.58. The molecule has 7 heteroatoms. The maximum Gasteiger partial charge on any atom is 0.228 e. The molecule has 5 nitrogen and oxygen atoms in total. The smallest absolute Gasteiger partial charge is 0.228 e. The lowest BCUT2D eigenvalue weighted by Gasteiger charge is -2.13. The first-order chi connectivity index (χ1) is 14.6. The molecular weight excluding hydrogens is 423 g/mol. The van der Waals surface area contributed by atoms with Crippen molar-refractivity contribution in [3.63, 3.8) is 0 Å². The van der Waals surface area contributed by atoms with Gasteiger partial charge in [-0.05, 0) is 53.8 Å². The summed E-state index contributed by atoms with van der Waals surface area (Å²) in [5.74, 6) is 1.04. The Morgan fingerprint density at radius 2 is 1.93 bits per heavy atom. The minimum atomic E-state index is -0.135. The van der Waals surface area contributed by atoms with Gasteiger partial charge in [-0.3, -0.25) is 9.78 Å². The van der Waals surface area contributed by atoms with Gasteiger partial charge in [0.05, 0.1) is 17.2 Å². The van der Waals surface area contributed by atoms with Crippen LogP contribution in [0.1, 0.15) is 23.5 Å². The molecule has 1 saturated carbocycles. The molecule has 0 spiro atoms. The second kappa shape index (κ2) is 8.94. The number of aromatic nitrogens is 1. The lowest BCUT2D eigenvalue weighted by molar-refractivity contribution is -0.117. The summed E-state index contributed by atoms with van der Waals surface area (Å²) in [6, 6.07) is 14.6. The van der Waals surface area contributed by atoms with Crippen LogP contribution >= 0.6 is 23.2 Å². The highest BCUT2D eigenvalue weighted by atomic mass is 35.5. The van der Waals surface area contributed by atoms with Gasteiger partial charge in [0.25, 0.3) is 0 Å². The molecule has 0 bridgehead atoms. The van der Waals surface area contributed by atoms with Crippen LogP contribution in [-0.2, 0) is 11.4 Å². The predicted molar refractivity (Wildman–Crippen MR) is 118 cm³/mol. The Balaban J connectivity index is 1.43. The molecule has 1 aliphatic rings. The number of nitrogens with one attached hydrogen (secondary N) is 1. The molecule has 1 aliphatic carbocycles. The average Bonchev–Trinajstić information content (AvgIpc) is 3.56. The average molecular weight is 443 g/mol. The van der Waals surface area contributed by atoms with E-state index < -0.39 is 0 Å². The van der Waals surface area contributed by atoms with E-state index in [1.165, 1.54) is 0 Å². The summed E-state index contributed by atoms with van der Waals surface area (Å²) in [5, 5.41) is 4.00. The number of anilines is 1. The molecule has 2 unspecified atom stereocenters. The van der Waals surface area contributed by atoms with E-state index in [1.54, 1.807) is 43.8 Å². The van der Waals surface area contributed by atoms with Crippen molar-refractivity contribution in [1.82, 2.24) is 4.98 Å². The normalized spacial score (nSPS) is 17.3. The molecule has 3 aromatic rings. The van der Waals surface area contributed by atoms with E-state index in [0.29, 0.717) is 33.8 Å². The third kappa shape index (κ3) is 4.53. The van der Waals surface area contributed by atoms with Gasteiger partial charge in [-0.1, -0.05) is 35.3 Å². The number of halogens is 2. The first-order valence-electron chi connectivity index (χ1n) is 9.51.